The highest BCUT2D eigenvalue weighted by Gasteiger charge is 2.21. The van der Waals surface area contributed by atoms with E-state index in [1.165, 1.54) is 17.7 Å². The van der Waals surface area contributed by atoms with Crippen molar-refractivity contribution in [3.63, 3.8) is 0 Å². The molecule has 0 radical (unpaired) electrons. The second-order valence-electron chi connectivity index (χ2n) is 4.63. The minimum Gasteiger partial charge on any atom is -0.377 e. The molecule has 0 fully saturated rings. The Labute approximate surface area is 116 Å². The lowest BCUT2D eigenvalue weighted by Gasteiger charge is -2.27. The van der Waals surface area contributed by atoms with Crippen molar-refractivity contribution in [1.82, 2.24) is 5.32 Å². The number of ether oxygens (including phenoxy) is 1. The van der Waals surface area contributed by atoms with E-state index in [0.29, 0.717) is 12.1 Å². The standard InChI is InChI=1S/C15H27NOS/c1-4-8-15(17-6-3)14(16-10-5-2)12-13-9-7-11-18-13/h7,9,11,14-16H,4-6,8,10,12H2,1-3H3. The number of nitrogens with one attached hydrogen (secondary N) is 1. The van der Waals surface area contributed by atoms with Gasteiger partial charge in [0.2, 0.25) is 0 Å². The summed E-state index contributed by atoms with van der Waals surface area (Å²) in [5.74, 6) is 0. The zero-order valence-corrected chi connectivity index (χ0v) is 12.8. The summed E-state index contributed by atoms with van der Waals surface area (Å²) >= 11 is 1.84. The van der Waals surface area contributed by atoms with E-state index in [0.717, 1.165) is 26.0 Å². The zero-order chi connectivity index (χ0) is 13.2. The molecule has 0 amide bonds. The van der Waals surface area contributed by atoms with Crippen LogP contribution in [0, 0.1) is 0 Å². The van der Waals surface area contributed by atoms with E-state index < -0.39 is 0 Å². The molecule has 0 bridgehead atoms. The molecule has 1 rings (SSSR count). The normalized spacial score (nSPS) is 14.6. The Morgan fingerprint density at radius 3 is 2.67 bits per heavy atom. The molecular weight excluding hydrogens is 242 g/mol. The highest BCUT2D eigenvalue weighted by atomic mass is 32.1. The lowest BCUT2D eigenvalue weighted by molar-refractivity contribution is 0.0284. The predicted octanol–water partition coefficient (Wildman–Crippen LogP) is 3.86. The van der Waals surface area contributed by atoms with Crippen molar-refractivity contribution in [3.8, 4) is 0 Å². The van der Waals surface area contributed by atoms with Crippen molar-refractivity contribution in [3.05, 3.63) is 22.4 Å². The second-order valence-corrected chi connectivity index (χ2v) is 5.66. The van der Waals surface area contributed by atoms with Crippen LogP contribution < -0.4 is 5.32 Å². The van der Waals surface area contributed by atoms with Crippen LogP contribution in [0.4, 0.5) is 0 Å². The van der Waals surface area contributed by atoms with Crippen molar-refractivity contribution in [2.75, 3.05) is 13.2 Å². The first-order chi connectivity index (χ1) is 8.81. The minimum atomic E-state index is 0.341. The zero-order valence-electron chi connectivity index (χ0n) is 11.9. The van der Waals surface area contributed by atoms with Crippen LogP contribution in [-0.2, 0) is 11.2 Å². The average molecular weight is 269 g/mol. The fourth-order valence-electron chi connectivity index (χ4n) is 2.21. The third-order valence-corrected chi connectivity index (χ3v) is 3.96. The quantitative estimate of drug-likeness (QED) is 0.696. The summed E-state index contributed by atoms with van der Waals surface area (Å²) in [4.78, 5) is 1.45. The molecule has 1 aromatic heterocycles. The molecule has 0 saturated heterocycles. The van der Waals surface area contributed by atoms with E-state index in [-0.39, 0.29) is 0 Å². The fraction of sp³-hybridized carbons (Fsp3) is 0.733. The van der Waals surface area contributed by atoms with Crippen molar-refractivity contribution < 1.29 is 4.74 Å². The molecule has 0 spiro atoms. The first kappa shape index (κ1) is 15.7. The van der Waals surface area contributed by atoms with Crippen LogP contribution in [0.1, 0.15) is 44.9 Å². The molecule has 0 aliphatic heterocycles. The molecule has 2 unspecified atom stereocenters. The van der Waals surface area contributed by atoms with Gasteiger partial charge in [-0.15, -0.1) is 11.3 Å². The van der Waals surface area contributed by atoms with Crippen molar-refractivity contribution in [1.29, 1.82) is 0 Å². The van der Waals surface area contributed by atoms with E-state index in [1.807, 2.05) is 11.3 Å². The highest BCUT2D eigenvalue weighted by Crippen LogP contribution is 2.16. The molecule has 0 saturated carbocycles. The van der Waals surface area contributed by atoms with Crippen LogP contribution in [0.15, 0.2) is 17.5 Å². The van der Waals surface area contributed by atoms with Gasteiger partial charge in [0, 0.05) is 17.5 Å². The summed E-state index contributed by atoms with van der Waals surface area (Å²) in [6.07, 6.45) is 4.92. The predicted molar refractivity (Wildman–Crippen MR) is 80.4 cm³/mol. The molecule has 1 N–H and O–H groups in total. The van der Waals surface area contributed by atoms with Crippen molar-refractivity contribution in [2.24, 2.45) is 0 Å². The van der Waals surface area contributed by atoms with Crippen molar-refractivity contribution >= 4 is 11.3 Å². The van der Waals surface area contributed by atoms with Gasteiger partial charge in [0.15, 0.2) is 0 Å². The van der Waals surface area contributed by atoms with Gasteiger partial charge in [0.25, 0.3) is 0 Å². The van der Waals surface area contributed by atoms with Crippen LogP contribution in [0.2, 0.25) is 0 Å². The Bertz CT molecular complexity index is 281. The summed E-state index contributed by atoms with van der Waals surface area (Å²) in [6, 6.07) is 4.80. The first-order valence-corrected chi connectivity index (χ1v) is 8.07. The van der Waals surface area contributed by atoms with Gasteiger partial charge in [0.1, 0.15) is 0 Å². The smallest absolute Gasteiger partial charge is 0.0731 e. The molecule has 1 heterocycles. The van der Waals surface area contributed by atoms with E-state index in [9.17, 15) is 0 Å². The van der Waals surface area contributed by atoms with Gasteiger partial charge in [-0.2, -0.15) is 0 Å². The highest BCUT2D eigenvalue weighted by molar-refractivity contribution is 7.09. The SMILES string of the molecule is CCCNC(Cc1cccs1)C(CCC)OCC. The number of hydrogen-bond acceptors (Lipinski definition) is 3. The lowest BCUT2D eigenvalue weighted by atomic mass is 10.0. The molecule has 2 atom stereocenters. The maximum Gasteiger partial charge on any atom is 0.0731 e. The van der Waals surface area contributed by atoms with Gasteiger partial charge in [-0.25, -0.2) is 0 Å². The van der Waals surface area contributed by atoms with Gasteiger partial charge in [-0.3, -0.25) is 0 Å². The molecule has 18 heavy (non-hydrogen) atoms. The van der Waals surface area contributed by atoms with Gasteiger partial charge < -0.3 is 10.1 Å². The third-order valence-electron chi connectivity index (χ3n) is 3.06. The Morgan fingerprint density at radius 1 is 1.28 bits per heavy atom. The Hall–Kier alpha value is -0.380. The van der Waals surface area contributed by atoms with Crippen LogP contribution in [-0.4, -0.2) is 25.3 Å². The van der Waals surface area contributed by atoms with E-state index in [1.54, 1.807) is 0 Å². The Morgan fingerprint density at radius 2 is 2.11 bits per heavy atom. The molecule has 2 nitrogen and oxygen atoms in total. The fourth-order valence-corrected chi connectivity index (χ4v) is 2.97. The lowest BCUT2D eigenvalue weighted by Crippen LogP contribution is -2.43. The Balaban J connectivity index is 2.61. The molecule has 0 aromatic carbocycles. The maximum absolute atomic E-state index is 5.93. The van der Waals surface area contributed by atoms with Gasteiger partial charge >= 0.3 is 0 Å². The van der Waals surface area contributed by atoms with Gasteiger partial charge in [0.05, 0.1) is 6.10 Å². The number of hydrogen-bond donors (Lipinski definition) is 1. The summed E-state index contributed by atoms with van der Waals surface area (Å²) in [5.41, 5.74) is 0. The third kappa shape index (κ3) is 5.51. The van der Waals surface area contributed by atoms with E-state index in [4.69, 9.17) is 4.74 Å². The van der Waals surface area contributed by atoms with Crippen molar-refractivity contribution in [2.45, 2.75) is 58.6 Å². The van der Waals surface area contributed by atoms with Gasteiger partial charge in [-0.1, -0.05) is 26.3 Å². The first-order valence-electron chi connectivity index (χ1n) is 7.19. The second kappa shape index (κ2) is 9.54. The van der Waals surface area contributed by atoms with Gasteiger partial charge in [-0.05, 0) is 44.2 Å². The van der Waals surface area contributed by atoms with E-state index >= 15 is 0 Å². The molecule has 104 valence electrons. The monoisotopic (exact) mass is 269 g/mol. The Kier molecular flexibility index (Phi) is 8.31. The van der Waals surface area contributed by atoms with Crippen LogP contribution in [0.5, 0.6) is 0 Å². The summed E-state index contributed by atoms with van der Waals surface area (Å²) < 4.78 is 5.93. The molecule has 0 aliphatic rings. The van der Waals surface area contributed by atoms with Crippen LogP contribution in [0.25, 0.3) is 0 Å². The van der Waals surface area contributed by atoms with Crippen LogP contribution in [0.3, 0.4) is 0 Å². The average Bonchev–Trinajstić information content (AvgIpc) is 2.87. The number of rotatable bonds is 10. The molecule has 3 heteroatoms. The molecule has 1 aromatic rings. The largest absolute Gasteiger partial charge is 0.377 e. The summed E-state index contributed by atoms with van der Waals surface area (Å²) in [5, 5.41) is 5.81. The summed E-state index contributed by atoms with van der Waals surface area (Å²) in [7, 11) is 0. The molecular formula is C15H27NOS. The van der Waals surface area contributed by atoms with E-state index in [2.05, 4.69) is 43.6 Å². The van der Waals surface area contributed by atoms with Crippen LogP contribution >= 0.6 is 11.3 Å². The summed E-state index contributed by atoms with van der Waals surface area (Å²) in [6.45, 7) is 8.41. The molecule has 0 aliphatic carbocycles. The topological polar surface area (TPSA) is 21.3 Å². The maximum atomic E-state index is 5.93. The number of thiophene rings is 1. The minimum absolute atomic E-state index is 0.341.